The molecule has 0 aliphatic rings. The predicted molar refractivity (Wildman–Crippen MR) is 118 cm³/mol. The van der Waals surface area contributed by atoms with Crippen LogP contribution in [0.15, 0.2) is 77.7 Å². The largest absolute Gasteiger partial charge is 0.378 e. The molecule has 4 rings (SSSR count). The Morgan fingerprint density at radius 2 is 1.50 bits per heavy atom. The number of anilines is 1. The summed E-state index contributed by atoms with van der Waals surface area (Å²) in [6, 6.07) is 21.4. The Hall–Kier alpha value is -3.45. The van der Waals surface area contributed by atoms with E-state index in [1.807, 2.05) is 56.3 Å². The van der Waals surface area contributed by atoms with E-state index < -0.39 is 10.1 Å². The molecule has 0 aliphatic heterocycles. The predicted octanol–water partition coefficient (Wildman–Crippen LogP) is 4.44. The third-order valence-corrected chi connectivity index (χ3v) is 5.94. The smallest absolute Gasteiger partial charge is 0.340 e. The average Bonchev–Trinajstić information content (AvgIpc) is 2.74. The Morgan fingerprint density at radius 1 is 0.833 bits per heavy atom. The quantitative estimate of drug-likeness (QED) is 0.445. The summed E-state index contributed by atoms with van der Waals surface area (Å²) in [5.74, 6) is 0.404. The maximum atomic E-state index is 12.8. The molecule has 1 heterocycles. The van der Waals surface area contributed by atoms with Crippen LogP contribution in [0.2, 0.25) is 0 Å². The van der Waals surface area contributed by atoms with Gasteiger partial charge < -0.3 is 9.08 Å². The first-order chi connectivity index (χ1) is 14.3. The van der Waals surface area contributed by atoms with Crippen molar-refractivity contribution in [3.05, 3.63) is 78.4 Å². The number of para-hydroxylation sites is 1. The zero-order valence-electron chi connectivity index (χ0n) is 16.9. The second-order valence-electron chi connectivity index (χ2n) is 7.16. The minimum Gasteiger partial charge on any atom is -0.378 e. The highest BCUT2D eigenvalue weighted by Crippen LogP contribution is 2.29. The first-order valence-corrected chi connectivity index (χ1v) is 10.8. The third kappa shape index (κ3) is 3.97. The molecule has 0 unspecified atom stereocenters. The fourth-order valence-corrected chi connectivity index (χ4v) is 3.91. The molecule has 1 aromatic heterocycles. The molecule has 0 N–H and O–H groups in total. The molecule has 0 saturated carbocycles. The standard InChI is InChI=1S/C23H21N3O3S/c1-16-8-14-19(15-9-16)30(27,28)29-23-20-6-4-5-7-21(20)24-22(25-23)17-10-12-18(13-11-17)26(2)3/h4-15H,1-3H3. The fourth-order valence-electron chi connectivity index (χ4n) is 3.01. The van der Waals surface area contributed by atoms with Crippen molar-refractivity contribution in [1.82, 2.24) is 9.97 Å². The van der Waals surface area contributed by atoms with Gasteiger partial charge in [0.25, 0.3) is 0 Å². The summed E-state index contributed by atoms with van der Waals surface area (Å²) in [6.45, 7) is 1.89. The van der Waals surface area contributed by atoms with Crippen LogP contribution in [-0.4, -0.2) is 32.5 Å². The molecule has 152 valence electrons. The van der Waals surface area contributed by atoms with Gasteiger partial charge in [0, 0.05) is 25.3 Å². The van der Waals surface area contributed by atoms with Crippen molar-refractivity contribution in [2.75, 3.05) is 19.0 Å². The summed E-state index contributed by atoms with van der Waals surface area (Å²) in [4.78, 5) is 11.1. The lowest BCUT2D eigenvalue weighted by molar-refractivity contribution is 0.479. The van der Waals surface area contributed by atoms with Crippen molar-refractivity contribution < 1.29 is 12.6 Å². The zero-order chi connectivity index (χ0) is 21.3. The van der Waals surface area contributed by atoms with Crippen LogP contribution in [-0.2, 0) is 10.1 Å². The Morgan fingerprint density at radius 3 is 2.17 bits per heavy atom. The summed E-state index contributed by atoms with van der Waals surface area (Å²) in [5, 5.41) is 0.529. The van der Waals surface area contributed by atoms with E-state index in [2.05, 4.69) is 9.97 Å². The second-order valence-corrected chi connectivity index (χ2v) is 8.71. The van der Waals surface area contributed by atoms with Gasteiger partial charge in [-0.3, -0.25) is 0 Å². The molecule has 0 fully saturated rings. The SMILES string of the molecule is Cc1ccc(S(=O)(=O)Oc2nc(-c3ccc(N(C)C)cc3)nc3ccccc23)cc1. The van der Waals surface area contributed by atoms with Crippen LogP contribution in [0.3, 0.4) is 0 Å². The van der Waals surface area contributed by atoms with E-state index in [1.165, 1.54) is 12.1 Å². The van der Waals surface area contributed by atoms with Crippen molar-refractivity contribution in [3.8, 4) is 17.3 Å². The van der Waals surface area contributed by atoms with Crippen molar-refractivity contribution in [3.63, 3.8) is 0 Å². The lowest BCUT2D eigenvalue weighted by Crippen LogP contribution is -2.11. The molecule has 4 aromatic rings. The van der Waals surface area contributed by atoms with Gasteiger partial charge in [-0.2, -0.15) is 13.4 Å². The molecule has 7 heteroatoms. The number of rotatable bonds is 5. The Bertz CT molecular complexity index is 1300. The molecular formula is C23H21N3O3S. The van der Waals surface area contributed by atoms with Crippen LogP contribution in [0.4, 0.5) is 5.69 Å². The first-order valence-electron chi connectivity index (χ1n) is 9.39. The topological polar surface area (TPSA) is 72.4 Å². The Balaban J connectivity index is 1.80. The molecule has 0 bridgehead atoms. The average molecular weight is 420 g/mol. The molecule has 0 radical (unpaired) electrons. The number of fused-ring (bicyclic) bond motifs is 1. The van der Waals surface area contributed by atoms with Crippen LogP contribution in [0.5, 0.6) is 5.88 Å². The number of nitrogens with zero attached hydrogens (tertiary/aromatic N) is 3. The molecule has 30 heavy (non-hydrogen) atoms. The number of hydrogen-bond donors (Lipinski definition) is 0. The van der Waals surface area contributed by atoms with E-state index in [0.717, 1.165) is 16.8 Å². The van der Waals surface area contributed by atoms with Crippen molar-refractivity contribution in [1.29, 1.82) is 0 Å². The molecule has 0 aliphatic carbocycles. The highest BCUT2D eigenvalue weighted by atomic mass is 32.2. The van der Waals surface area contributed by atoms with Gasteiger partial charge in [0.2, 0.25) is 5.88 Å². The number of aromatic nitrogens is 2. The van der Waals surface area contributed by atoms with Gasteiger partial charge in [0.1, 0.15) is 4.90 Å². The van der Waals surface area contributed by atoms with Crippen molar-refractivity contribution in [2.45, 2.75) is 11.8 Å². The maximum absolute atomic E-state index is 12.8. The number of hydrogen-bond acceptors (Lipinski definition) is 6. The molecule has 0 saturated heterocycles. The molecular weight excluding hydrogens is 398 g/mol. The van der Waals surface area contributed by atoms with E-state index >= 15 is 0 Å². The minimum atomic E-state index is -4.04. The lowest BCUT2D eigenvalue weighted by Gasteiger charge is -2.13. The highest BCUT2D eigenvalue weighted by molar-refractivity contribution is 7.87. The van der Waals surface area contributed by atoms with Gasteiger partial charge in [0.05, 0.1) is 10.9 Å². The first kappa shape index (κ1) is 19.8. The van der Waals surface area contributed by atoms with Crippen LogP contribution in [0, 0.1) is 6.92 Å². The molecule has 0 spiro atoms. The van der Waals surface area contributed by atoms with Crippen LogP contribution in [0.1, 0.15) is 5.56 Å². The van der Waals surface area contributed by atoms with Gasteiger partial charge in [-0.05, 0) is 55.5 Å². The van der Waals surface area contributed by atoms with Gasteiger partial charge >= 0.3 is 10.1 Å². The lowest BCUT2D eigenvalue weighted by atomic mass is 10.1. The van der Waals surface area contributed by atoms with Crippen LogP contribution < -0.4 is 9.08 Å². The summed E-state index contributed by atoms with van der Waals surface area (Å²) in [7, 11) is -0.112. The molecule has 0 atom stereocenters. The fraction of sp³-hybridized carbons (Fsp3) is 0.130. The van der Waals surface area contributed by atoms with Gasteiger partial charge in [-0.1, -0.05) is 29.8 Å². The number of benzene rings is 3. The van der Waals surface area contributed by atoms with E-state index in [-0.39, 0.29) is 10.8 Å². The Kier molecular flexibility index (Phi) is 5.13. The molecule has 6 nitrogen and oxygen atoms in total. The number of aryl methyl sites for hydroxylation is 1. The second kappa shape index (κ2) is 7.76. The monoisotopic (exact) mass is 419 g/mol. The molecule has 3 aromatic carbocycles. The minimum absolute atomic E-state index is 0.00728. The van der Waals surface area contributed by atoms with Gasteiger partial charge in [0.15, 0.2) is 5.82 Å². The normalized spacial score (nSPS) is 11.4. The van der Waals surface area contributed by atoms with Gasteiger partial charge in [-0.15, -0.1) is 0 Å². The van der Waals surface area contributed by atoms with Crippen molar-refractivity contribution >= 4 is 26.7 Å². The van der Waals surface area contributed by atoms with Crippen molar-refractivity contribution in [2.24, 2.45) is 0 Å². The highest BCUT2D eigenvalue weighted by Gasteiger charge is 2.20. The third-order valence-electron chi connectivity index (χ3n) is 4.71. The summed E-state index contributed by atoms with van der Waals surface area (Å²) in [5.41, 5.74) is 3.38. The maximum Gasteiger partial charge on any atom is 0.340 e. The van der Waals surface area contributed by atoms with E-state index in [0.29, 0.717) is 16.7 Å². The van der Waals surface area contributed by atoms with E-state index in [9.17, 15) is 8.42 Å². The Labute approximate surface area is 175 Å². The molecule has 0 amide bonds. The van der Waals surface area contributed by atoms with Crippen LogP contribution >= 0.6 is 0 Å². The summed E-state index contributed by atoms with van der Waals surface area (Å²) >= 11 is 0. The van der Waals surface area contributed by atoms with Gasteiger partial charge in [-0.25, -0.2) is 4.98 Å². The zero-order valence-corrected chi connectivity index (χ0v) is 17.7. The summed E-state index contributed by atoms with van der Waals surface area (Å²) in [6.07, 6.45) is 0. The summed E-state index contributed by atoms with van der Waals surface area (Å²) < 4.78 is 31.1. The van der Waals surface area contributed by atoms with E-state index in [4.69, 9.17) is 4.18 Å². The van der Waals surface area contributed by atoms with E-state index in [1.54, 1.807) is 30.3 Å². The van der Waals surface area contributed by atoms with Crippen LogP contribution in [0.25, 0.3) is 22.3 Å².